The van der Waals surface area contributed by atoms with Gasteiger partial charge in [-0.1, -0.05) is 174 Å². The van der Waals surface area contributed by atoms with Crippen LogP contribution >= 0.6 is 10.3 Å². The topological polar surface area (TPSA) is 43.4 Å². The lowest BCUT2D eigenvalue weighted by atomic mass is 9.97. The van der Waals surface area contributed by atoms with E-state index in [1.165, 1.54) is 50.1 Å². The van der Waals surface area contributed by atoms with Gasteiger partial charge < -0.3 is 0 Å². The van der Waals surface area contributed by atoms with E-state index in [1.807, 2.05) is 19.1 Å². The monoisotopic (exact) mass is 813 g/mol. The van der Waals surface area contributed by atoms with Crippen LogP contribution in [0.25, 0.3) is 0 Å². The van der Waals surface area contributed by atoms with Crippen LogP contribution in [0.4, 0.5) is 0 Å². The molecule has 5 heteroatoms. The molecule has 3 nitrogen and oxygen atoms in total. The van der Waals surface area contributed by atoms with Gasteiger partial charge in [0.1, 0.15) is 0 Å². The van der Waals surface area contributed by atoms with Crippen molar-refractivity contribution in [1.29, 1.82) is 0 Å². The van der Waals surface area contributed by atoms with E-state index in [0.717, 1.165) is 136 Å². The Bertz CT molecular complexity index is 1740. The van der Waals surface area contributed by atoms with Crippen molar-refractivity contribution in [3.63, 3.8) is 0 Å². The lowest BCUT2D eigenvalue weighted by Gasteiger charge is -2.46. The Morgan fingerprint density at radius 2 is 0.632 bits per heavy atom. The van der Waals surface area contributed by atoms with Crippen LogP contribution < -0.4 is 0 Å². The van der Waals surface area contributed by atoms with Gasteiger partial charge in [-0.15, -0.1) is 0 Å². The van der Waals surface area contributed by atoms with Gasteiger partial charge in [0, 0.05) is 14.7 Å². The molecule has 4 aromatic rings. The summed E-state index contributed by atoms with van der Waals surface area (Å²) in [6, 6.07) is 22.0. The van der Waals surface area contributed by atoms with Gasteiger partial charge in [-0.05, 0) is 137 Å². The second kappa shape index (κ2) is 22.5. The standard InChI is InChI=1S/C52H76O3S2/c1-11-20-40-33-43(23-14-4)50(44(34-40)24-15-5)56(55-57(53,54)49-31-29-39(10)30-32-49,51-45(25-16-6)35-41(21-12-2)36-46(51)26-17-7)52-47(27-18-8)37-42(22-13-3)38-48(52)28-19-9/h29-38H,11-28H2,1-10H3. The third-order valence-electron chi connectivity index (χ3n) is 11.0. The van der Waals surface area contributed by atoms with Crippen LogP contribution in [-0.2, 0) is 71.5 Å². The molecular formula is C52H76O3S2. The van der Waals surface area contributed by atoms with Crippen molar-refractivity contribution in [3.05, 3.63) is 116 Å². The molecule has 0 radical (unpaired) electrons. The van der Waals surface area contributed by atoms with Gasteiger partial charge in [0.05, 0.1) is 4.90 Å². The Hall–Kier alpha value is -2.86. The van der Waals surface area contributed by atoms with Crippen LogP contribution in [0.2, 0.25) is 0 Å². The molecule has 0 saturated carbocycles. The van der Waals surface area contributed by atoms with E-state index in [0.29, 0.717) is 0 Å². The Morgan fingerprint density at radius 3 is 0.860 bits per heavy atom. The number of hydrogen-bond donors (Lipinski definition) is 0. The molecule has 0 aromatic heterocycles. The highest BCUT2D eigenvalue weighted by molar-refractivity contribution is 8.33. The molecule has 0 saturated heterocycles. The number of benzene rings is 4. The van der Waals surface area contributed by atoms with Crippen molar-refractivity contribution >= 4 is 20.4 Å². The molecule has 0 aliphatic rings. The van der Waals surface area contributed by atoms with Crippen molar-refractivity contribution in [1.82, 2.24) is 0 Å². The Labute approximate surface area is 351 Å². The van der Waals surface area contributed by atoms with E-state index in [4.69, 9.17) is 3.63 Å². The maximum atomic E-state index is 15.6. The summed E-state index contributed by atoms with van der Waals surface area (Å²) in [6.45, 7) is 22.4. The predicted molar refractivity (Wildman–Crippen MR) is 247 cm³/mol. The molecule has 4 aromatic carbocycles. The van der Waals surface area contributed by atoms with Crippen LogP contribution in [0.1, 0.15) is 176 Å². The first-order valence-corrected chi connectivity index (χ1v) is 25.8. The minimum Gasteiger partial charge on any atom is -0.203 e. The molecule has 0 spiro atoms. The molecule has 0 heterocycles. The predicted octanol–water partition coefficient (Wildman–Crippen LogP) is 15.2. The van der Waals surface area contributed by atoms with Crippen LogP contribution in [0, 0.1) is 6.92 Å². The highest BCUT2D eigenvalue weighted by Crippen LogP contribution is 2.75. The summed E-state index contributed by atoms with van der Waals surface area (Å²) in [4.78, 5) is 3.72. The third-order valence-corrected chi connectivity index (χ3v) is 16.7. The zero-order valence-corrected chi connectivity index (χ0v) is 39.2. The lowest BCUT2D eigenvalue weighted by Crippen LogP contribution is -2.23. The molecule has 314 valence electrons. The molecule has 0 atom stereocenters. The molecule has 4 rings (SSSR count). The fourth-order valence-corrected chi connectivity index (χ4v) is 15.4. The average molecular weight is 813 g/mol. The van der Waals surface area contributed by atoms with E-state index in [9.17, 15) is 0 Å². The molecule has 57 heavy (non-hydrogen) atoms. The minimum atomic E-state index is -4.29. The fourth-order valence-electron chi connectivity index (χ4n) is 8.90. The summed E-state index contributed by atoms with van der Waals surface area (Å²) >= 11 is 0. The molecule has 0 N–H and O–H groups in total. The molecule has 0 unspecified atom stereocenters. The summed E-state index contributed by atoms with van der Waals surface area (Å²) in [6.07, 6.45) is 17.2. The highest BCUT2D eigenvalue weighted by Gasteiger charge is 2.46. The first-order valence-electron chi connectivity index (χ1n) is 22.8. The largest absolute Gasteiger partial charge is 0.307 e. The van der Waals surface area contributed by atoms with Gasteiger partial charge in [-0.2, -0.15) is 8.42 Å². The summed E-state index contributed by atoms with van der Waals surface area (Å²) in [5.41, 5.74) is 12.7. The van der Waals surface area contributed by atoms with Crippen LogP contribution in [-0.4, -0.2) is 8.42 Å². The normalized spacial score (nSPS) is 12.4. The van der Waals surface area contributed by atoms with Crippen LogP contribution in [0.15, 0.2) is 80.2 Å². The maximum absolute atomic E-state index is 15.6. The van der Waals surface area contributed by atoms with Crippen molar-refractivity contribution in [2.45, 2.75) is 204 Å². The van der Waals surface area contributed by atoms with Gasteiger partial charge in [-0.3, -0.25) is 0 Å². The van der Waals surface area contributed by atoms with Crippen molar-refractivity contribution in [2.24, 2.45) is 0 Å². The smallest absolute Gasteiger partial charge is 0.203 e. The van der Waals surface area contributed by atoms with E-state index in [1.54, 1.807) is 12.1 Å². The third kappa shape index (κ3) is 11.1. The zero-order chi connectivity index (χ0) is 41.6. The average Bonchev–Trinajstić information content (AvgIpc) is 3.16. The first kappa shape index (κ1) is 46.8. The summed E-state index contributed by atoms with van der Waals surface area (Å²) in [5, 5.41) is 0. The molecule has 0 aliphatic heterocycles. The summed E-state index contributed by atoms with van der Waals surface area (Å²) < 4.78 is 38.9. The van der Waals surface area contributed by atoms with E-state index < -0.39 is 20.4 Å². The molecule has 0 fully saturated rings. The van der Waals surface area contributed by atoms with Gasteiger partial charge in [0.15, 0.2) is 0 Å². The van der Waals surface area contributed by atoms with E-state index in [2.05, 4.69) is 98.7 Å². The van der Waals surface area contributed by atoms with Crippen LogP contribution in [0.3, 0.4) is 0 Å². The lowest BCUT2D eigenvalue weighted by molar-refractivity contribution is 0.506. The molecule has 0 aliphatic carbocycles. The second-order valence-corrected chi connectivity index (χ2v) is 20.6. The van der Waals surface area contributed by atoms with Gasteiger partial charge in [0.25, 0.3) is 0 Å². The van der Waals surface area contributed by atoms with Gasteiger partial charge in [-0.25, -0.2) is 3.63 Å². The highest BCUT2D eigenvalue weighted by atomic mass is 32.3. The SMILES string of the molecule is CCCc1cc(CCC)c(S(OS(=O)(=O)c2ccc(C)cc2)(c2c(CCC)cc(CCC)cc2CCC)c2c(CCC)cc(CCC)cc2CCC)c(CCC)c1. The summed E-state index contributed by atoms with van der Waals surface area (Å²) in [5.74, 6) is 0. The Morgan fingerprint density at radius 1 is 0.386 bits per heavy atom. The molecule has 0 amide bonds. The van der Waals surface area contributed by atoms with Gasteiger partial charge >= 0.3 is 10.1 Å². The first-order chi connectivity index (χ1) is 27.5. The Balaban J connectivity index is 2.52. The Kier molecular flexibility index (Phi) is 18.5. The molecular weight excluding hydrogens is 737 g/mol. The fraction of sp³-hybridized carbons (Fsp3) is 0.538. The van der Waals surface area contributed by atoms with E-state index >= 15 is 8.42 Å². The van der Waals surface area contributed by atoms with Crippen molar-refractivity contribution in [3.8, 4) is 0 Å². The minimum absolute atomic E-state index is 0.232. The zero-order valence-electron chi connectivity index (χ0n) is 37.5. The van der Waals surface area contributed by atoms with Crippen molar-refractivity contribution in [2.75, 3.05) is 0 Å². The number of aryl methyl sites for hydroxylation is 10. The van der Waals surface area contributed by atoms with Gasteiger partial charge in [0.2, 0.25) is 0 Å². The van der Waals surface area contributed by atoms with Crippen LogP contribution in [0.5, 0.6) is 0 Å². The number of hydrogen-bond acceptors (Lipinski definition) is 3. The molecule has 0 bridgehead atoms. The quantitative estimate of drug-likeness (QED) is 0.0708. The summed E-state index contributed by atoms with van der Waals surface area (Å²) in [7, 11) is -7.24. The number of rotatable bonds is 24. The second-order valence-electron chi connectivity index (χ2n) is 16.4. The van der Waals surface area contributed by atoms with E-state index in [-0.39, 0.29) is 4.90 Å². The maximum Gasteiger partial charge on any atom is 0.307 e. The van der Waals surface area contributed by atoms with Crippen molar-refractivity contribution < 1.29 is 12.0 Å².